The summed E-state index contributed by atoms with van der Waals surface area (Å²) >= 11 is 0. The van der Waals surface area contributed by atoms with Gasteiger partial charge < -0.3 is 4.74 Å². The fourth-order valence-corrected chi connectivity index (χ4v) is 2.82. The van der Waals surface area contributed by atoms with E-state index >= 15 is 0 Å². The zero-order chi connectivity index (χ0) is 18.5. The first-order chi connectivity index (χ1) is 12.6. The number of esters is 1. The van der Waals surface area contributed by atoms with Crippen molar-refractivity contribution in [1.82, 2.24) is 5.32 Å². The summed E-state index contributed by atoms with van der Waals surface area (Å²) in [5.41, 5.74) is 2.37. The molecule has 26 heavy (non-hydrogen) atoms. The lowest BCUT2D eigenvalue weighted by atomic mass is 9.97. The summed E-state index contributed by atoms with van der Waals surface area (Å²) in [7, 11) is 0. The first-order valence-electron chi connectivity index (χ1n) is 8.14. The molecule has 0 radical (unpaired) electrons. The van der Waals surface area contributed by atoms with Gasteiger partial charge >= 0.3 is 5.97 Å². The van der Waals surface area contributed by atoms with Crippen LogP contribution in [-0.2, 0) is 27.4 Å². The van der Waals surface area contributed by atoms with Crippen molar-refractivity contribution < 1.29 is 19.1 Å². The van der Waals surface area contributed by atoms with Crippen molar-refractivity contribution in [3.63, 3.8) is 0 Å². The highest BCUT2D eigenvalue weighted by Crippen LogP contribution is 2.18. The number of carbonyl (C=O) groups is 3. The maximum atomic E-state index is 12.2. The molecule has 1 N–H and O–H groups in total. The number of nitriles is 1. The van der Waals surface area contributed by atoms with Crippen molar-refractivity contribution in [2.45, 2.75) is 19.4 Å². The van der Waals surface area contributed by atoms with E-state index in [2.05, 4.69) is 11.4 Å². The van der Waals surface area contributed by atoms with Crippen LogP contribution >= 0.6 is 0 Å². The van der Waals surface area contributed by atoms with Crippen LogP contribution in [0.3, 0.4) is 0 Å². The van der Waals surface area contributed by atoms with Crippen LogP contribution in [0.2, 0.25) is 0 Å². The predicted molar refractivity (Wildman–Crippen MR) is 91.7 cm³/mol. The monoisotopic (exact) mass is 348 g/mol. The second-order valence-corrected chi connectivity index (χ2v) is 6.06. The highest BCUT2D eigenvalue weighted by Gasteiger charge is 2.30. The Hall–Kier alpha value is -3.46. The van der Waals surface area contributed by atoms with E-state index in [0.29, 0.717) is 23.1 Å². The van der Waals surface area contributed by atoms with Gasteiger partial charge in [0.1, 0.15) is 6.61 Å². The van der Waals surface area contributed by atoms with Crippen molar-refractivity contribution in [3.8, 4) is 6.07 Å². The van der Waals surface area contributed by atoms with Gasteiger partial charge in [-0.2, -0.15) is 5.26 Å². The molecular formula is C20H16N2O4. The third-order valence-corrected chi connectivity index (χ3v) is 4.23. The Morgan fingerprint density at radius 3 is 2.54 bits per heavy atom. The second-order valence-electron chi connectivity index (χ2n) is 6.06. The van der Waals surface area contributed by atoms with Crippen LogP contribution in [0, 0.1) is 17.2 Å². The molecule has 1 fully saturated rings. The van der Waals surface area contributed by atoms with E-state index in [4.69, 9.17) is 10.00 Å². The zero-order valence-electron chi connectivity index (χ0n) is 13.9. The van der Waals surface area contributed by atoms with Crippen LogP contribution in [0.25, 0.3) is 0 Å². The smallest absolute Gasteiger partial charge is 0.338 e. The van der Waals surface area contributed by atoms with Crippen LogP contribution in [0.15, 0.2) is 48.5 Å². The van der Waals surface area contributed by atoms with Crippen molar-refractivity contribution in [3.05, 3.63) is 70.8 Å². The molecule has 0 aliphatic carbocycles. The molecule has 0 aromatic heterocycles. The molecule has 0 bridgehead atoms. The third-order valence-electron chi connectivity index (χ3n) is 4.23. The topological polar surface area (TPSA) is 96.3 Å². The van der Waals surface area contributed by atoms with Crippen molar-refractivity contribution in [2.24, 2.45) is 5.92 Å². The molecule has 2 aromatic carbocycles. The summed E-state index contributed by atoms with van der Waals surface area (Å²) in [6.45, 7) is 0.0225. The summed E-state index contributed by atoms with van der Waals surface area (Å²) < 4.78 is 5.26. The van der Waals surface area contributed by atoms with E-state index in [1.165, 1.54) is 0 Å². The molecular weight excluding hydrogens is 332 g/mol. The SMILES string of the molecule is N#Cc1ccccc1COC(=O)c1ccc(C[C@@H]2CC(=O)NC2=O)cc1. The first kappa shape index (κ1) is 17.4. The molecule has 0 saturated carbocycles. The van der Waals surface area contributed by atoms with Gasteiger partial charge in [0.2, 0.25) is 11.8 Å². The number of nitrogens with zero attached hydrogens (tertiary/aromatic N) is 1. The van der Waals surface area contributed by atoms with Crippen LogP contribution in [0.1, 0.15) is 33.5 Å². The highest BCUT2D eigenvalue weighted by molar-refractivity contribution is 6.03. The normalized spacial score (nSPS) is 16.0. The Balaban J connectivity index is 1.59. The van der Waals surface area contributed by atoms with Gasteiger partial charge in [0.15, 0.2) is 0 Å². The number of hydrogen-bond acceptors (Lipinski definition) is 5. The highest BCUT2D eigenvalue weighted by atomic mass is 16.5. The van der Waals surface area contributed by atoms with Crippen LogP contribution in [0.5, 0.6) is 0 Å². The van der Waals surface area contributed by atoms with E-state index in [-0.39, 0.29) is 30.8 Å². The van der Waals surface area contributed by atoms with Crippen molar-refractivity contribution in [2.75, 3.05) is 0 Å². The Kier molecular flexibility index (Phi) is 5.09. The number of imide groups is 1. The van der Waals surface area contributed by atoms with E-state index in [1.54, 1.807) is 48.5 Å². The number of rotatable bonds is 5. The number of amides is 2. The Bertz CT molecular complexity index is 897. The van der Waals surface area contributed by atoms with Gasteiger partial charge in [0, 0.05) is 12.0 Å². The molecule has 0 spiro atoms. The predicted octanol–water partition coefficient (Wildman–Crippen LogP) is 2.12. The minimum absolute atomic E-state index is 0.0225. The minimum atomic E-state index is -0.488. The van der Waals surface area contributed by atoms with Crippen LogP contribution < -0.4 is 5.32 Å². The summed E-state index contributed by atoms with van der Waals surface area (Å²) in [5.74, 6) is -1.35. The number of ether oxygens (including phenoxy) is 1. The maximum absolute atomic E-state index is 12.2. The van der Waals surface area contributed by atoms with Crippen molar-refractivity contribution in [1.29, 1.82) is 5.26 Å². The Morgan fingerprint density at radius 2 is 1.88 bits per heavy atom. The van der Waals surface area contributed by atoms with E-state index in [0.717, 1.165) is 5.56 Å². The van der Waals surface area contributed by atoms with Gasteiger partial charge in [-0.1, -0.05) is 30.3 Å². The molecule has 6 heteroatoms. The first-order valence-corrected chi connectivity index (χ1v) is 8.14. The third kappa shape index (κ3) is 3.95. The fraction of sp³-hybridized carbons (Fsp3) is 0.200. The quantitative estimate of drug-likeness (QED) is 0.659. The van der Waals surface area contributed by atoms with Gasteiger partial charge in [-0.25, -0.2) is 4.79 Å². The lowest BCUT2D eigenvalue weighted by molar-refractivity contribution is -0.125. The van der Waals surface area contributed by atoms with Gasteiger partial charge in [0.05, 0.1) is 23.1 Å². The molecule has 3 rings (SSSR count). The molecule has 1 aliphatic rings. The largest absolute Gasteiger partial charge is 0.457 e. The molecule has 1 aliphatic heterocycles. The van der Waals surface area contributed by atoms with Gasteiger partial charge in [-0.05, 0) is 30.2 Å². The number of nitrogens with one attached hydrogen (secondary N) is 1. The summed E-state index contributed by atoms with van der Waals surface area (Å²) in [6.07, 6.45) is 0.642. The second kappa shape index (κ2) is 7.62. The standard InChI is InChI=1S/C20H16N2O4/c21-11-15-3-1-2-4-16(15)12-26-20(25)14-7-5-13(6-8-14)9-17-10-18(23)22-19(17)24/h1-8,17H,9-10,12H2,(H,22,23,24)/t17-/m1/s1. The Labute approximate surface area is 150 Å². The van der Waals surface area contributed by atoms with E-state index in [9.17, 15) is 14.4 Å². The van der Waals surface area contributed by atoms with Crippen molar-refractivity contribution >= 4 is 17.8 Å². The number of benzene rings is 2. The Morgan fingerprint density at radius 1 is 1.15 bits per heavy atom. The van der Waals surface area contributed by atoms with Crippen LogP contribution in [-0.4, -0.2) is 17.8 Å². The minimum Gasteiger partial charge on any atom is -0.457 e. The number of hydrogen-bond donors (Lipinski definition) is 1. The number of carbonyl (C=O) groups excluding carboxylic acids is 3. The van der Waals surface area contributed by atoms with Gasteiger partial charge in [0.25, 0.3) is 0 Å². The average molecular weight is 348 g/mol. The molecule has 1 heterocycles. The summed E-state index contributed by atoms with van der Waals surface area (Å²) in [6, 6.07) is 15.7. The lowest BCUT2D eigenvalue weighted by Gasteiger charge is -2.08. The molecule has 1 saturated heterocycles. The summed E-state index contributed by atoms with van der Waals surface area (Å²) in [5, 5.41) is 11.3. The maximum Gasteiger partial charge on any atom is 0.338 e. The zero-order valence-corrected chi connectivity index (χ0v) is 13.9. The van der Waals surface area contributed by atoms with E-state index in [1.807, 2.05) is 0 Å². The molecule has 0 unspecified atom stereocenters. The molecule has 2 amide bonds. The van der Waals surface area contributed by atoms with Crippen LogP contribution in [0.4, 0.5) is 0 Å². The lowest BCUT2D eigenvalue weighted by Crippen LogP contribution is -2.22. The summed E-state index contributed by atoms with van der Waals surface area (Å²) in [4.78, 5) is 35.0. The van der Waals surface area contributed by atoms with Gasteiger partial charge in [-0.15, -0.1) is 0 Å². The average Bonchev–Trinajstić information content (AvgIpc) is 2.97. The molecule has 1 atom stereocenters. The van der Waals surface area contributed by atoms with Gasteiger partial charge in [-0.3, -0.25) is 14.9 Å². The fourth-order valence-electron chi connectivity index (χ4n) is 2.82. The van der Waals surface area contributed by atoms with E-state index < -0.39 is 5.97 Å². The molecule has 130 valence electrons. The molecule has 2 aromatic rings. The molecule has 6 nitrogen and oxygen atoms in total.